The van der Waals surface area contributed by atoms with E-state index >= 15 is 0 Å². The fraction of sp³-hybridized carbons (Fsp3) is 0.0426. The molecule has 0 bridgehead atoms. The van der Waals surface area contributed by atoms with Gasteiger partial charge in [-0.3, -0.25) is 0 Å². The summed E-state index contributed by atoms with van der Waals surface area (Å²) >= 11 is 0. The second-order valence-electron chi connectivity index (χ2n) is 13.6. The van der Waals surface area contributed by atoms with E-state index in [1.807, 2.05) is 0 Å². The van der Waals surface area contributed by atoms with Gasteiger partial charge < -0.3 is 0 Å². The molecule has 2 aliphatic rings. The molecule has 1 spiro atoms. The first kappa shape index (κ1) is 26.8. The molecule has 1 aromatic heterocycles. The van der Waals surface area contributed by atoms with Gasteiger partial charge >= 0.3 is 0 Å². The number of rotatable bonds is 2. The fourth-order valence-corrected chi connectivity index (χ4v) is 9.36. The molecule has 8 aromatic carbocycles. The van der Waals surface area contributed by atoms with Gasteiger partial charge in [0.1, 0.15) is 11.2 Å². The second-order valence-corrected chi connectivity index (χ2v) is 13.6. The van der Waals surface area contributed by atoms with Crippen LogP contribution in [0.5, 0.6) is 0 Å². The van der Waals surface area contributed by atoms with E-state index in [0.717, 1.165) is 5.69 Å². The summed E-state index contributed by atoms with van der Waals surface area (Å²) in [5, 5.41) is 6.40. The van der Waals surface area contributed by atoms with E-state index in [2.05, 4.69) is 186 Å². The van der Waals surface area contributed by atoms with E-state index in [1.54, 1.807) is 0 Å². The molecule has 228 valence electrons. The zero-order chi connectivity index (χ0) is 32.3. The Labute approximate surface area is 284 Å². The highest BCUT2D eigenvalue weighted by atomic mass is 15.4. The van der Waals surface area contributed by atoms with Crippen LogP contribution in [-0.4, -0.2) is 4.68 Å². The van der Waals surface area contributed by atoms with Gasteiger partial charge in [0, 0.05) is 0 Å². The zero-order valence-electron chi connectivity index (χ0n) is 27.1. The molecule has 2 aliphatic carbocycles. The van der Waals surface area contributed by atoms with Gasteiger partial charge in [-0.1, -0.05) is 133 Å². The van der Waals surface area contributed by atoms with E-state index in [0.29, 0.717) is 0 Å². The summed E-state index contributed by atoms with van der Waals surface area (Å²) in [6.45, 7) is 0. The number of aryl methyl sites for hydroxylation is 1. The minimum atomic E-state index is -0.446. The predicted octanol–water partition coefficient (Wildman–Crippen LogP) is 10.8. The van der Waals surface area contributed by atoms with Gasteiger partial charge in [-0.15, -0.1) is 9.36 Å². The van der Waals surface area contributed by atoms with Gasteiger partial charge in [-0.2, -0.15) is 0 Å². The normalized spacial score (nSPS) is 13.6. The molecule has 0 saturated carbocycles. The van der Waals surface area contributed by atoms with Crippen LogP contribution in [0.4, 0.5) is 0 Å². The van der Waals surface area contributed by atoms with Crippen molar-refractivity contribution in [1.29, 1.82) is 0 Å². The summed E-state index contributed by atoms with van der Waals surface area (Å²) < 4.78 is 4.50. The van der Waals surface area contributed by atoms with Crippen LogP contribution < -0.4 is 4.68 Å². The third-order valence-corrected chi connectivity index (χ3v) is 11.2. The molecule has 49 heavy (non-hydrogen) atoms. The Morgan fingerprint density at radius 1 is 0.469 bits per heavy atom. The standard InChI is InChI=1S/C47H31N2/c1-48-29-32-14-3-11-24-44(32)49(48)33-16-12-15-31(27-33)40-28-43-45(38-21-6-5-18-35(38)40)39-26-25-30-13-2-4-17-34(30)46(39)47(43)41-22-9-7-19-36(41)37-20-8-10-23-42(37)47/h2-29H,1H3/q+1. The first-order valence-corrected chi connectivity index (χ1v) is 17.1. The number of benzene rings is 8. The van der Waals surface area contributed by atoms with Gasteiger partial charge in [-0.25, -0.2) is 0 Å². The molecule has 1 heterocycles. The summed E-state index contributed by atoms with van der Waals surface area (Å²) in [5.41, 5.74) is 15.2. The zero-order valence-corrected chi connectivity index (χ0v) is 27.1. The summed E-state index contributed by atoms with van der Waals surface area (Å²) in [4.78, 5) is 0. The van der Waals surface area contributed by atoms with Gasteiger partial charge in [-0.05, 0) is 108 Å². The molecule has 0 aliphatic heterocycles. The van der Waals surface area contributed by atoms with Crippen molar-refractivity contribution in [1.82, 2.24) is 4.68 Å². The molecular weight excluding hydrogens is 593 g/mol. The maximum absolute atomic E-state index is 2.54. The fourth-order valence-electron chi connectivity index (χ4n) is 9.36. The average Bonchev–Trinajstić information content (AvgIpc) is 3.77. The van der Waals surface area contributed by atoms with Gasteiger partial charge in [0.2, 0.25) is 6.20 Å². The van der Waals surface area contributed by atoms with Crippen molar-refractivity contribution in [3.63, 3.8) is 0 Å². The number of para-hydroxylation sites is 1. The third kappa shape index (κ3) is 3.38. The number of hydrogen-bond acceptors (Lipinski definition) is 0. The summed E-state index contributed by atoms with van der Waals surface area (Å²) in [7, 11) is 2.12. The Balaban J connectivity index is 1.28. The largest absolute Gasteiger partial charge is 0.203 e. The lowest BCUT2D eigenvalue weighted by molar-refractivity contribution is -0.741. The van der Waals surface area contributed by atoms with Crippen LogP contribution in [0.2, 0.25) is 0 Å². The van der Waals surface area contributed by atoms with Gasteiger partial charge in [0.05, 0.1) is 10.8 Å². The van der Waals surface area contributed by atoms with E-state index in [4.69, 9.17) is 0 Å². The quantitative estimate of drug-likeness (QED) is 0.169. The minimum Gasteiger partial charge on any atom is -0.121 e. The maximum Gasteiger partial charge on any atom is 0.203 e. The Morgan fingerprint density at radius 2 is 1.12 bits per heavy atom. The Morgan fingerprint density at radius 3 is 1.92 bits per heavy atom. The molecule has 11 rings (SSSR count). The second kappa shape index (κ2) is 9.65. The molecular formula is C47H31N2+. The monoisotopic (exact) mass is 623 g/mol. The van der Waals surface area contributed by atoms with Crippen molar-refractivity contribution in [2.45, 2.75) is 5.41 Å². The highest BCUT2D eigenvalue weighted by Gasteiger charge is 2.53. The average molecular weight is 624 g/mol. The molecule has 2 nitrogen and oxygen atoms in total. The van der Waals surface area contributed by atoms with E-state index in [9.17, 15) is 0 Å². The van der Waals surface area contributed by atoms with E-state index < -0.39 is 5.41 Å². The van der Waals surface area contributed by atoms with Crippen LogP contribution in [0.25, 0.3) is 71.5 Å². The Bertz CT molecular complexity index is 2810. The lowest BCUT2D eigenvalue weighted by Gasteiger charge is -2.32. The molecule has 0 atom stereocenters. The summed E-state index contributed by atoms with van der Waals surface area (Å²) in [6, 6.07) is 61.2. The predicted molar refractivity (Wildman–Crippen MR) is 201 cm³/mol. The van der Waals surface area contributed by atoms with Crippen molar-refractivity contribution in [3.05, 3.63) is 192 Å². The number of nitrogens with zero attached hydrogens (tertiary/aromatic N) is 2. The third-order valence-electron chi connectivity index (χ3n) is 11.2. The van der Waals surface area contributed by atoms with Crippen molar-refractivity contribution >= 4 is 32.4 Å². The van der Waals surface area contributed by atoms with Crippen LogP contribution in [0.1, 0.15) is 22.3 Å². The Hall–Kier alpha value is -6.25. The lowest BCUT2D eigenvalue weighted by atomic mass is 9.69. The smallest absolute Gasteiger partial charge is 0.121 e. The van der Waals surface area contributed by atoms with Crippen molar-refractivity contribution < 1.29 is 4.68 Å². The lowest BCUT2D eigenvalue weighted by Crippen LogP contribution is -2.36. The van der Waals surface area contributed by atoms with Crippen LogP contribution in [0.3, 0.4) is 0 Å². The van der Waals surface area contributed by atoms with Crippen molar-refractivity contribution in [3.8, 4) is 39.1 Å². The highest BCUT2D eigenvalue weighted by molar-refractivity contribution is 6.14. The first-order chi connectivity index (χ1) is 24.2. The molecule has 2 heteroatoms. The SMILES string of the molecule is C[n+]1cc2ccccc2n1-c1cccc(-c2cc3c(c4ccccc24)-c2ccc4ccccc4c2C32c3ccccc3-c3ccccc32)c1. The molecule has 9 aromatic rings. The highest BCUT2D eigenvalue weighted by Crippen LogP contribution is 2.65. The molecule has 0 unspecified atom stereocenters. The van der Waals surface area contributed by atoms with Crippen LogP contribution in [0.15, 0.2) is 170 Å². The first-order valence-electron chi connectivity index (χ1n) is 17.1. The van der Waals surface area contributed by atoms with Crippen molar-refractivity contribution in [2.75, 3.05) is 0 Å². The van der Waals surface area contributed by atoms with E-state index in [-0.39, 0.29) is 0 Å². The number of hydrogen-bond donors (Lipinski definition) is 0. The van der Waals surface area contributed by atoms with Crippen LogP contribution in [0, 0.1) is 0 Å². The molecule has 0 radical (unpaired) electrons. The van der Waals surface area contributed by atoms with Crippen LogP contribution in [-0.2, 0) is 12.5 Å². The molecule has 0 N–H and O–H groups in total. The number of fused-ring (bicyclic) bond motifs is 15. The number of aromatic nitrogens is 2. The molecule has 0 amide bonds. The van der Waals surface area contributed by atoms with E-state index in [1.165, 1.54) is 88.1 Å². The molecule has 0 saturated heterocycles. The molecule has 0 fully saturated rings. The van der Waals surface area contributed by atoms with Crippen molar-refractivity contribution in [2.24, 2.45) is 7.05 Å². The minimum absolute atomic E-state index is 0.446. The summed E-state index contributed by atoms with van der Waals surface area (Å²) in [6.07, 6.45) is 2.20. The maximum atomic E-state index is 2.54. The Kier molecular flexibility index (Phi) is 5.28. The van der Waals surface area contributed by atoms with Gasteiger partial charge in [0.15, 0.2) is 7.05 Å². The topological polar surface area (TPSA) is 8.81 Å². The summed E-state index contributed by atoms with van der Waals surface area (Å²) in [5.74, 6) is 0. The van der Waals surface area contributed by atoms with Crippen LogP contribution >= 0.6 is 0 Å². The van der Waals surface area contributed by atoms with Gasteiger partial charge in [0.25, 0.3) is 0 Å².